The summed E-state index contributed by atoms with van der Waals surface area (Å²) < 4.78 is 1.80. The first-order valence-corrected chi connectivity index (χ1v) is 7.88. The summed E-state index contributed by atoms with van der Waals surface area (Å²) in [6.07, 6.45) is 0. The van der Waals surface area contributed by atoms with Crippen LogP contribution in [-0.2, 0) is 7.05 Å². The summed E-state index contributed by atoms with van der Waals surface area (Å²) in [7, 11) is 1.82. The van der Waals surface area contributed by atoms with Crippen LogP contribution in [-0.4, -0.2) is 36.9 Å². The second-order valence-corrected chi connectivity index (χ2v) is 6.00. The van der Waals surface area contributed by atoms with Crippen molar-refractivity contribution in [2.24, 2.45) is 7.05 Å². The van der Waals surface area contributed by atoms with Gasteiger partial charge in [0.1, 0.15) is 0 Å². The van der Waals surface area contributed by atoms with E-state index in [0.29, 0.717) is 17.2 Å². The van der Waals surface area contributed by atoms with Crippen molar-refractivity contribution in [3.05, 3.63) is 58.7 Å². The highest BCUT2D eigenvalue weighted by molar-refractivity contribution is 5.91. The first kappa shape index (κ1) is 17.3. The summed E-state index contributed by atoms with van der Waals surface area (Å²) in [4.78, 5) is 22.3. The number of carbonyl (C=O) groups is 2. The fourth-order valence-corrected chi connectivity index (χ4v) is 2.87. The molecule has 0 bridgehead atoms. The Balaban J connectivity index is 2.06. The average Bonchev–Trinajstić information content (AvgIpc) is 2.98. The molecule has 0 saturated heterocycles. The van der Waals surface area contributed by atoms with E-state index < -0.39 is 11.9 Å². The topological polar surface area (TPSA) is 105 Å². The smallest absolute Gasteiger partial charge is 0.335 e. The molecule has 0 unspecified atom stereocenters. The van der Waals surface area contributed by atoms with Crippen LogP contribution in [0.15, 0.2) is 36.4 Å². The van der Waals surface area contributed by atoms with Crippen molar-refractivity contribution in [2.45, 2.75) is 13.8 Å². The molecule has 1 heterocycles. The van der Waals surface area contributed by atoms with Crippen LogP contribution in [0.2, 0.25) is 0 Å². The number of carboxylic acids is 2. The van der Waals surface area contributed by atoms with Gasteiger partial charge in [-0.05, 0) is 43.2 Å². The van der Waals surface area contributed by atoms with Crippen molar-refractivity contribution in [2.75, 3.05) is 0 Å². The molecule has 2 aromatic carbocycles. The third-order valence-corrected chi connectivity index (χ3v) is 4.52. The molecule has 132 valence electrons. The van der Waals surface area contributed by atoms with E-state index in [4.69, 9.17) is 5.11 Å². The van der Waals surface area contributed by atoms with Gasteiger partial charge in [0.2, 0.25) is 0 Å². The number of rotatable bonds is 4. The van der Waals surface area contributed by atoms with Gasteiger partial charge in [-0.2, -0.15) is 0 Å². The molecule has 7 heteroatoms. The third-order valence-electron chi connectivity index (χ3n) is 4.52. The second-order valence-electron chi connectivity index (χ2n) is 6.00. The van der Waals surface area contributed by atoms with Gasteiger partial charge in [-0.25, -0.2) is 9.59 Å². The number of carboxylic acid groups (broad SMARTS) is 2. The number of aromatic carboxylic acids is 2. The molecule has 0 amide bonds. The normalized spacial score (nSPS) is 10.7. The van der Waals surface area contributed by atoms with Crippen molar-refractivity contribution >= 4 is 11.9 Å². The Hall–Kier alpha value is -3.48. The Morgan fingerprint density at radius 2 is 1.46 bits per heavy atom. The summed E-state index contributed by atoms with van der Waals surface area (Å²) in [6, 6.07) is 9.70. The minimum absolute atomic E-state index is 0.201. The Morgan fingerprint density at radius 3 is 2.04 bits per heavy atom. The Bertz CT molecular complexity index is 1020. The molecule has 3 rings (SSSR count). The van der Waals surface area contributed by atoms with Crippen LogP contribution in [0, 0.1) is 13.8 Å². The highest BCUT2D eigenvalue weighted by Crippen LogP contribution is 2.29. The average molecular weight is 351 g/mol. The monoisotopic (exact) mass is 351 g/mol. The molecule has 0 radical (unpaired) electrons. The van der Waals surface area contributed by atoms with Gasteiger partial charge in [-0.15, -0.1) is 10.2 Å². The number of hydrogen-bond acceptors (Lipinski definition) is 4. The van der Waals surface area contributed by atoms with E-state index in [1.165, 1.54) is 12.1 Å². The Kier molecular flexibility index (Phi) is 4.29. The number of benzene rings is 2. The number of nitrogens with zero attached hydrogens (tertiary/aromatic N) is 3. The lowest BCUT2D eigenvalue weighted by molar-refractivity contribution is 0.0685. The molecule has 3 aromatic rings. The molecule has 7 nitrogen and oxygen atoms in total. The molecule has 0 saturated carbocycles. The maximum atomic E-state index is 11.3. The van der Waals surface area contributed by atoms with E-state index in [0.717, 1.165) is 16.7 Å². The van der Waals surface area contributed by atoms with Crippen molar-refractivity contribution in [1.29, 1.82) is 0 Å². The molecule has 26 heavy (non-hydrogen) atoms. The lowest BCUT2D eigenvalue weighted by Crippen LogP contribution is -2.04. The van der Waals surface area contributed by atoms with Gasteiger partial charge >= 0.3 is 11.9 Å². The minimum atomic E-state index is -0.986. The third kappa shape index (κ3) is 2.83. The molecule has 1 aromatic heterocycles. The van der Waals surface area contributed by atoms with Crippen LogP contribution in [0.25, 0.3) is 22.8 Å². The van der Waals surface area contributed by atoms with Gasteiger partial charge in [-0.1, -0.05) is 18.2 Å². The highest BCUT2D eigenvalue weighted by atomic mass is 16.4. The zero-order chi connectivity index (χ0) is 19.0. The SMILES string of the molecule is Cc1c(C(=O)O)ccc(-c2nnc(-c3ccc(C(=O)O)cc3)n2C)c1C. The summed E-state index contributed by atoms with van der Waals surface area (Å²) in [6.45, 7) is 3.62. The van der Waals surface area contributed by atoms with Crippen LogP contribution < -0.4 is 0 Å². The summed E-state index contributed by atoms with van der Waals surface area (Å²) in [5.41, 5.74) is 3.52. The van der Waals surface area contributed by atoms with Gasteiger partial charge in [0, 0.05) is 18.2 Å². The molecular formula is C19H17N3O4. The second kappa shape index (κ2) is 6.44. The molecule has 0 atom stereocenters. The number of hydrogen-bond donors (Lipinski definition) is 2. The molecule has 0 aliphatic carbocycles. The lowest BCUT2D eigenvalue weighted by Gasteiger charge is -2.11. The predicted molar refractivity (Wildman–Crippen MR) is 95.3 cm³/mol. The van der Waals surface area contributed by atoms with E-state index >= 15 is 0 Å². The molecular weight excluding hydrogens is 334 g/mol. The van der Waals surface area contributed by atoms with Crippen molar-refractivity contribution in [3.8, 4) is 22.8 Å². The van der Waals surface area contributed by atoms with Crippen LogP contribution in [0.5, 0.6) is 0 Å². The van der Waals surface area contributed by atoms with E-state index in [-0.39, 0.29) is 11.1 Å². The lowest BCUT2D eigenvalue weighted by atomic mass is 9.97. The van der Waals surface area contributed by atoms with E-state index in [9.17, 15) is 14.7 Å². The maximum Gasteiger partial charge on any atom is 0.335 e. The van der Waals surface area contributed by atoms with E-state index in [1.807, 2.05) is 14.0 Å². The summed E-state index contributed by atoms with van der Waals surface area (Å²) >= 11 is 0. The fourth-order valence-electron chi connectivity index (χ4n) is 2.87. The first-order valence-electron chi connectivity index (χ1n) is 7.88. The zero-order valence-corrected chi connectivity index (χ0v) is 14.5. The van der Waals surface area contributed by atoms with Crippen LogP contribution >= 0.6 is 0 Å². The zero-order valence-electron chi connectivity index (χ0n) is 14.5. The van der Waals surface area contributed by atoms with E-state index in [2.05, 4.69) is 10.2 Å². The predicted octanol–water partition coefficient (Wildman–Crippen LogP) is 3.16. The molecule has 0 fully saturated rings. The quantitative estimate of drug-likeness (QED) is 0.748. The standard InChI is InChI=1S/C19H17N3O4/c1-10-11(2)15(19(25)26)9-8-14(10)17-21-20-16(22(17)3)12-4-6-13(7-5-12)18(23)24/h4-9H,1-3H3,(H,23,24)(H,25,26). The van der Waals surface area contributed by atoms with Crippen LogP contribution in [0.3, 0.4) is 0 Å². The highest BCUT2D eigenvalue weighted by Gasteiger charge is 2.18. The van der Waals surface area contributed by atoms with E-state index in [1.54, 1.807) is 35.8 Å². The molecule has 0 aliphatic heterocycles. The van der Waals surface area contributed by atoms with Gasteiger partial charge in [0.05, 0.1) is 11.1 Å². The Labute approximate surface area is 149 Å². The van der Waals surface area contributed by atoms with Gasteiger partial charge in [0.15, 0.2) is 11.6 Å². The maximum absolute atomic E-state index is 11.3. The first-order chi connectivity index (χ1) is 12.3. The number of aromatic nitrogens is 3. The molecule has 0 aliphatic rings. The molecule has 0 spiro atoms. The van der Waals surface area contributed by atoms with Crippen molar-refractivity contribution < 1.29 is 19.8 Å². The van der Waals surface area contributed by atoms with Gasteiger partial charge < -0.3 is 14.8 Å². The summed E-state index contributed by atoms with van der Waals surface area (Å²) in [5, 5.41) is 26.7. The van der Waals surface area contributed by atoms with Gasteiger partial charge in [0.25, 0.3) is 0 Å². The van der Waals surface area contributed by atoms with Crippen LogP contribution in [0.1, 0.15) is 31.8 Å². The van der Waals surface area contributed by atoms with Crippen LogP contribution in [0.4, 0.5) is 0 Å². The van der Waals surface area contributed by atoms with Crippen molar-refractivity contribution in [3.63, 3.8) is 0 Å². The minimum Gasteiger partial charge on any atom is -0.478 e. The largest absolute Gasteiger partial charge is 0.478 e. The fraction of sp³-hybridized carbons (Fsp3) is 0.158. The molecule has 2 N–H and O–H groups in total. The summed E-state index contributed by atoms with van der Waals surface area (Å²) in [5.74, 6) is -0.745. The Morgan fingerprint density at radius 1 is 0.846 bits per heavy atom. The van der Waals surface area contributed by atoms with Gasteiger partial charge in [-0.3, -0.25) is 0 Å². The van der Waals surface area contributed by atoms with Crippen molar-refractivity contribution in [1.82, 2.24) is 14.8 Å².